The van der Waals surface area contributed by atoms with Gasteiger partial charge in [-0.1, -0.05) is 54.6 Å². The van der Waals surface area contributed by atoms with Crippen molar-refractivity contribution in [2.75, 3.05) is 17.3 Å². The van der Waals surface area contributed by atoms with Gasteiger partial charge in [0.05, 0.1) is 16.6 Å². The molecule has 0 aliphatic heterocycles. The van der Waals surface area contributed by atoms with Gasteiger partial charge in [0.2, 0.25) is 0 Å². The number of thioether (sulfide) groups is 2. The first-order valence-corrected chi connectivity index (χ1v) is 13.4. The number of aliphatic hydroxyl groups is 1. The molecule has 4 nitrogen and oxygen atoms in total. The van der Waals surface area contributed by atoms with Crippen LogP contribution in [0.2, 0.25) is 0 Å². The minimum absolute atomic E-state index is 0.0491. The zero-order chi connectivity index (χ0) is 23.0. The number of aliphatic carboxylic acids is 1. The normalized spacial score (nSPS) is 20.8. The molecule has 1 fully saturated rings. The largest absolute Gasteiger partial charge is 0.481 e. The summed E-state index contributed by atoms with van der Waals surface area (Å²) in [5.74, 6) is 1.44. The highest BCUT2D eigenvalue weighted by Crippen LogP contribution is 2.34. The summed E-state index contributed by atoms with van der Waals surface area (Å²) < 4.78 is 0. The second kappa shape index (κ2) is 11.9. The average Bonchev–Trinajstić information content (AvgIpc) is 3.12. The van der Waals surface area contributed by atoms with Gasteiger partial charge < -0.3 is 10.2 Å². The number of fused-ring (bicyclic) bond motifs is 1. The minimum atomic E-state index is -0.917. The summed E-state index contributed by atoms with van der Waals surface area (Å²) in [4.78, 5) is 22.9. The van der Waals surface area contributed by atoms with E-state index in [1.54, 1.807) is 11.8 Å². The van der Waals surface area contributed by atoms with Gasteiger partial charge in [0.25, 0.3) is 0 Å². The predicted octanol–water partition coefficient (Wildman–Crippen LogP) is 5.37. The van der Waals surface area contributed by atoms with Gasteiger partial charge >= 0.3 is 5.97 Å². The fourth-order valence-corrected chi connectivity index (χ4v) is 6.18. The van der Waals surface area contributed by atoms with Crippen molar-refractivity contribution in [1.29, 1.82) is 0 Å². The lowest BCUT2D eigenvalue weighted by Crippen LogP contribution is -2.23. The summed E-state index contributed by atoms with van der Waals surface area (Å²) in [6, 6.07) is 14.7. The Morgan fingerprint density at radius 1 is 1.19 bits per heavy atom. The Labute approximate surface area is 198 Å². The fourth-order valence-electron chi connectivity index (χ4n) is 3.99. The summed E-state index contributed by atoms with van der Waals surface area (Å²) in [5, 5.41) is 22.0. The summed E-state index contributed by atoms with van der Waals surface area (Å²) in [6.07, 6.45) is 7.67. The van der Waals surface area contributed by atoms with Crippen molar-refractivity contribution in [1.82, 2.24) is 0 Å². The molecule has 2 aromatic rings. The van der Waals surface area contributed by atoms with E-state index < -0.39 is 11.6 Å². The standard InChI is InChI=1S/C26H32O4S2/c1-26(30,13-11-19-7-8-20-5-2-3-6-22(20)17-19)14-12-21-9-10-23(27)25(21)32-16-4-15-31-18-24(28)29/h2-3,5-8,12,14,17,21,25,30H,4,9-11,13,15-16,18H2,1H3,(H,28,29)/b14-12+. The van der Waals surface area contributed by atoms with E-state index in [1.807, 2.05) is 31.2 Å². The van der Waals surface area contributed by atoms with Crippen molar-refractivity contribution in [3.05, 3.63) is 60.2 Å². The summed E-state index contributed by atoms with van der Waals surface area (Å²) >= 11 is 3.10. The Hall–Kier alpha value is -1.76. The number of carboxylic acids is 1. The molecule has 0 aromatic heterocycles. The van der Waals surface area contributed by atoms with Crippen molar-refractivity contribution in [3.8, 4) is 0 Å². The average molecular weight is 473 g/mol. The Balaban J connectivity index is 1.48. The first kappa shape index (κ1) is 24.9. The first-order valence-electron chi connectivity index (χ1n) is 11.2. The molecule has 0 amide bonds. The number of allylic oxidation sites excluding steroid dienone is 1. The van der Waals surface area contributed by atoms with Crippen molar-refractivity contribution in [2.45, 2.75) is 49.9 Å². The summed E-state index contributed by atoms with van der Waals surface area (Å²) in [6.45, 7) is 1.84. The molecule has 6 heteroatoms. The van der Waals surface area contributed by atoms with E-state index >= 15 is 0 Å². The number of carboxylic acid groups (broad SMARTS) is 1. The Morgan fingerprint density at radius 3 is 2.75 bits per heavy atom. The van der Waals surface area contributed by atoms with Crippen LogP contribution in [-0.4, -0.2) is 50.1 Å². The van der Waals surface area contributed by atoms with Crippen LogP contribution in [0.5, 0.6) is 0 Å². The molecule has 0 saturated heterocycles. The topological polar surface area (TPSA) is 74.6 Å². The number of Topliss-reactive ketones (excluding diaryl/α,β-unsaturated/α-hetero) is 1. The van der Waals surface area contributed by atoms with Gasteiger partial charge in [-0.2, -0.15) is 11.8 Å². The SMILES string of the molecule is CC(O)(/C=C/C1CCC(=O)C1SCCCSCC(=O)O)CCc1ccc2ccccc2c1. The van der Waals surface area contributed by atoms with Gasteiger partial charge in [0.1, 0.15) is 5.78 Å². The van der Waals surface area contributed by atoms with Gasteiger partial charge in [-0.05, 0) is 66.4 Å². The van der Waals surface area contributed by atoms with Gasteiger partial charge in [-0.3, -0.25) is 9.59 Å². The maximum absolute atomic E-state index is 12.3. The monoisotopic (exact) mass is 472 g/mol. The lowest BCUT2D eigenvalue weighted by atomic mass is 9.93. The highest BCUT2D eigenvalue weighted by Gasteiger charge is 2.33. The van der Waals surface area contributed by atoms with Crippen LogP contribution in [0.1, 0.15) is 38.2 Å². The third-order valence-corrected chi connectivity index (χ3v) is 8.35. The number of carbonyl (C=O) groups excluding carboxylic acids is 1. The predicted molar refractivity (Wildman–Crippen MR) is 136 cm³/mol. The van der Waals surface area contributed by atoms with Gasteiger partial charge in [0, 0.05) is 6.42 Å². The zero-order valence-electron chi connectivity index (χ0n) is 18.5. The Morgan fingerprint density at radius 2 is 1.97 bits per heavy atom. The number of hydrogen-bond donors (Lipinski definition) is 2. The highest BCUT2D eigenvalue weighted by molar-refractivity contribution is 8.01. The molecule has 0 spiro atoms. The van der Waals surface area contributed by atoms with Crippen molar-refractivity contribution < 1.29 is 19.8 Å². The van der Waals surface area contributed by atoms with Crippen molar-refractivity contribution in [2.24, 2.45) is 5.92 Å². The smallest absolute Gasteiger partial charge is 0.313 e. The van der Waals surface area contributed by atoms with Crippen LogP contribution in [0.4, 0.5) is 0 Å². The van der Waals surface area contributed by atoms with Crippen LogP contribution in [0.15, 0.2) is 54.6 Å². The van der Waals surface area contributed by atoms with E-state index in [0.717, 1.165) is 30.8 Å². The second-order valence-electron chi connectivity index (χ2n) is 8.66. The van der Waals surface area contributed by atoms with Crippen molar-refractivity contribution in [3.63, 3.8) is 0 Å². The number of aryl methyl sites for hydroxylation is 1. The van der Waals surface area contributed by atoms with Crippen LogP contribution in [-0.2, 0) is 16.0 Å². The van der Waals surface area contributed by atoms with Crippen LogP contribution >= 0.6 is 23.5 Å². The molecule has 172 valence electrons. The van der Waals surface area contributed by atoms with Crippen LogP contribution in [0.3, 0.4) is 0 Å². The molecule has 3 unspecified atom stereocenters. The summed E-state index contributed by atoms with van der Waals surface area (Å²) in [7, 11) is 0. The van der Waals surface area contributed by atoms with E-state index in [9.17, 15) is 14.7 Å². The third-order valence-electron chi connectivity index (χ3n) is 5.82. The van der Waals surface area contributed by atoms with Gasteiger partial charge in [-0.25, -0.2) is 0 Å². The number of benzene rings is 2. The Kier molecular flexibility index (Phi) is 9.26. The molecule has 2 aromatic carbocycles. The second-order valence-corrected chi connectivity index (χ2v) is 11.0. The molecule has 1 aliphatic carbocycles. The maximum Gasteiger partial charge on any atom is 0.313 e. The molecule has 3 rings (SSSR count). The number of carbonyl (C=O) groups is 2. The van der Waals surface area contributed by atoms with Crippen LogP contribution < -0.4 is 0 Å². The first-order chi connectivity index (χ1) is 15.3. The van der Waals surface area contributed by atoms with E-state index in [4.69, 9.17) is 5.11 Å². The number of ketones is 1. The fraction of sp³-hybridized carbons (Fsp3) is 0.462. The van der Waals surface area contributed by atoms with E-state index in [-0.39, 0.29) is 16.9 Å². The molecular weight excluding hydrogens is 440 g/mol. The van der Waals surface area contributed by atoms with E-state index in [2.05, 4.69) is 30.3 Å². The maximum atomic E-state index is 12.3. The van der Waals surface area contributed by atoms with Gasteiger partial charge in [0.15, 0.2) is 0 Å². The Bertz CT molecular complexity index is 954. The van der Waals surface area contributed by atoms with E-state index in [0.29, 0.717) is 18.6 Å². The van der Waals surface area contributed by atoms with Gasteiger partial charge in [-0.15, -0.1) is 11.8 Å². The van der Waals surface area contributed by atoms with Crippen LogP contribution in [0.25, 0.3) is 10.8 Å². The number of hydrogen-bond acceptors (Lipinski definition) is 5. The molecule has 0 radical (unpaired) electrons. The van der Waals surface area contributed by atoms with Crippen molar-refractivity contribution >= 4 is 46.0 Å². The molecule has 1 saturated carbocycles. The van der Waals surface area contributed by atoms with E-state index in [1.165, 1.54) is 28.1 Å². The molecule has 32 heavy (non-hydrogen) atoms. The lowest BCUT2D eigenvalue weighted by Gasteiger charge is -2.21. The highest BCUT2D eigenvalue weighted by atomic mass is 32.2. The third kappa shape index (κ3) is 7.68. The summed E-state index contributed by atoms with van der Waals surface area (Å²) in [5.41, 5.74) is 0.294. The molecule has 1 aliphatic rings. The quantitative estimate of drug-likeness (QED) is 0.320. The zero-order valence-corrected chi connectivity index (χ0v) is 20.2. The molecule has 0 bridgehead atoms. The molecule has 0 heterocycles. The van der Waals surface area contributed by atoms with Crippen LogP contribution in [0, 0.1) is 5.92 Å². The minimum Gasteiger partial charge on any atom is -0.481 e. The number of rotatable bonds is 12. The lowest BCUT2D eigenvalue weighted by molar-refractivity contribution is -0.133. The molecule has 2 N–H and O–H groups in total. The molecular formula is C26H32O4S2. The molecule has 3 atom stereocenters.